The number of allylic oxidation sites excluding steroid dienone is 1. The Labute approximate surface area is 169 Å². The Morgan fingerprint density at radius 2 is 1.71 bits per heavy atom. The fourth-order valence-corrected chi connectivity index (χ4v) is 5.35. The molecule has 0 unspecified atom stereocenters. The highest BCUT2D eigenvalue weighted by atomic mass is 19.1. The molecule has 3 rings (SSSR count). The predicted octanol–water partition coefficient (Wildman–Crippen LogP) is 7.17. The van der Waals surface area contributed by atoms with Crippen LogP contribution in [0.5, 0.6) is 5.75 Å². The molecule has 2 aliphatic rings. The number of phenols is 1. The normalized spacial score (nSPS) is 28.1. The van der Waals surface area contributed by atoms with Gasteiger partial charge in [-0.05, 0) is 93.1 Å². The van der Waals surface area contributed by atoms with Gasteiger partial charge >= 0.3 is 0 Å². The van der Waals surface area contributed by atoms with Crippen LogP contribution in [-0.4, -0.2) is 10.9 Å². The number of phenolic OH excluding ortho intramolecular Hbond substituents is 1. The summed E-state index contributed by atoms with van der Waals surface area (Å²) in [6.07, 6.45) is 13.5. The Hall–Kier alpha value is -1.64. The van der Waals surface area contributed by atoms with Crippen molar-refractivity contribution in [3.05, 3.63) is 41.7 Å². The number of hydrogen-bond donors (Lipinski definition) is 1. The summed E-state index contributed by atoms with van der Waals surface area (Å²) in [6.45, 7) is 5.95. The summed E-state index contributed by atoms with van der Waals surface area (Å²) in [5.41, 5.74) is 0.737. The number of Topliss-reactive ketones (excluding diaryl/α,β-unsaturated/α-hetero) is 1. The number of unbranched alkanes of at least 4 members (excludes halogenated alkanes) is 1. The van der Waals surface area contributed by atoms with Crippen molar-refractivity contribution in [3.8, 4) is 5.75 Å². The molecule has 1 N–H and O–H groups in total. The largest absolute Gasteiger partial charge is 0.504 e. The van der Waals surface area contributed by atoms with Gasteiger partial charge in [-0.2, -0.15) is 0 Å². The van der Waals surface area contributed by atoms with Crippen molar-refractivity contribution in [2.75, 3.05) is 0 Å². The Morgan fingerprint density at radius 1 is 1.11 bits per heavy atom. The van der Waals surface area contributed by atoms with Crippen LogP contribution in [0.15, 0.2) is 24.8 Å². The van der Waals surface area contributed by atoms with E-state index in [2.05, 4.69) is 12.7 Å². The number of halogens is 1. The number of benzene rings is 1. The monoisotopic (exact) mass is 386 g/mol. The molecule has 0 saturated heterocycles. The molecule has 0 aliphatic heterocycles. The lowest BCUT2D eigenvalue weighted by Crippen LogP contribution is -2.25. The van der Waals surface area contributed by atoms with E-state index in [0.29, 0.717) is 17.9 Å². The minimum absolute atomic E-state index is 0.141. The molecule has 0 bridgehead atoms. The molecule has 0 spiro atoms. The Kier molecular flexibility index (Phi) is 7.31. The van der Waals surface area contributed by atoms with E-state index in [4.69, 9.17) is 0 Å². The third-order valence-electron chi connectivity index (χ3n) is 7.23. The molecule has 2 fully saturated rings. The summed E-state index contributed by atoms with van der Waals surface area (Å²) in [5, 5.41) is 10.3. The molecule has 2 saturated carbocycles. The fourth-order valence-electron chi connectivity index (χ4n) is 5.35. The lowest BCUT2D eigenvalue weighted by atomic mass is 9.68. The second kappa shape index (κ2) is 9.71. The van der Waals surface area contributed by atoms with Crippen molar-refractivity contribution in [2.24, 2.45) is 17.8 Å². The standard InChI is InChI=1S/C25H35FO2/c1-3-5-6-23(27)22-16-15-21(24(26)25(22)28)20-13-11-19(12-14-20)18-9-7-17(4-2)8-10-18/h4,15-20,28H,2-3,5-14H2,1H3. The van der Waals surface area contributed by atoms with Crippen LogP contribution >= 0.6 is 0 Å². The summed E-state index contributed by atoms with van der Waals surface area (Å²) in [4.78, 5) is 12.2. The smallest absolute Gasteiger partial charge is 0.169 e. The molecular formula is C25H35FO2. The maximum Gasteiger partial charge on any atom is 0.169 e. The number of hydrogen-bond acceptors (Lipinski definition) is 2. The van der Waals surface area contributed by atoms with Crippen LogP contribution in [0.3, 0.4) is 0 Å². The van der Waals surface area contributed by atoms with Crippen molar-refractivity contribution in [1.29, 1.82) is 0 Å². The van der Waals surface area contributed by atoms with Crippen LogP contribution in [0.2, 0.25) is 0 Å². The maximum atomic E-state index is 14.9. The van der Waals surface area contributed by atoms with Gasteiger partial charge in [-0.15, -0.1) is 6.58 Å². The van der Waals surface area contributed by atoms with Crippen LogP contribution in [0, 0.1) is 23.6 Å². The number of ketones is 1. The van der Waals surface area contributed by atoms with Crippen LogP contribution in [0.1, 0.15) is 99.4 Å². The van der Waals surface area contributed by atoms with Crippen molar-refractivity contribution >= 4 is 5.78 Å². The van der Waals surface area contributed by atoms with E-state index in [1.165, 1.54) is 25.7 Å². The van der Waals surface area contributed by atoms with Gasteiger partial charge in [0.2, 0.25) is 0 Å². The molecule has 1 aromatic rings. The number of carbonyl (C=O) groups is 1. The van der Waals surface area contributed by atoms with Gasteiger partial charge in [0, 0.05) is 6.42 Å². The lowest BCUT2D eigenvalue weighted by Gasteiger charge is -2.37. The Morgan fingerprint density at radius 3 is 2.29 bits per heavy atom. The van der Waals surface area contributed by atoms with Gasteiger partial charge in [-0.3, -0.25) is 4.79 Å². The number of aromatic hydroxyl groups is 1. The number of carbonyl (C=O) groups excluding carboxylic acids is 1. The topological polar surface area (TPSA) is 37.3 Å². The fraction of sp³-hybridized carbons (Fsp3) is 0.640. The molecule has 0 radical (unpaired) electrons. The summed E-state index contributed by atoms with van der Waals surface area (Å²) in [5.74, 6) is 1.25. The highest BCUT2D eigenvalue weighted by Crippen LogP contribution is 2.45. The zero-order valence-corrected chi connectivity index (χ0v) is 17.3. The first-order valence-corrected chi connectivity index (χ1v) is 11.2. The molecule has 0 aromatic heterocycles. The van der Waals surface area contributed by atoms with E-state index < -0.39 is 11.6 Å². The summed E-state index contributed by atoms with van der Waals surface area (Å²) >= 11 is 0. The van der Waals surface area contributed by atoms with E-state index in [1.807, 2.05) is 6.92 Å². The molecule has 154 valence electrons. The third kappa shape index (κ3) is 4.67. The first-order valence-electron chi connectivity index (χ1n) is 11.2. The minimum Gasteiger partial charge on any atom is -0.504 e. The molecule has 3 heteroatoms. The van der Waals surface area contributed by atoms with Gasteiger partial charge in [-0.1, -0.05) is 25.5 Å². The van der Waals surface area contributed by atoms with Crippen molar-refractivity contribution in [3.63, 3.8) is 0 Å². The number of rotatable bonds is 7. The van der Waals surface area contributed by atoms with E-state index in [0.717, 1.165) is 50.4 Å². The van der Waals surface area contributed by atoms with Gasteiger partial charge < -0.3 is 5.11 Å². The van der Waals surface area contributed by atoms with E-state index in [9.17, 15) is 14.3 Å². The maximum absolute atomic E-state index is 14.9. The Bertz CT molecular complexity index is 680. The summed E-state index contributed by atoms with van der Waals surface area (Å²) in [7, 11) is 0. The van der Waals surface area contributed by atoms with Crippen LogP contribution < -0.4 is 0 Å². The highest BCUT2D eigenvalue weighted by Gasteiger charge is 2.32. The zero-order chi connectivity index (χ0) is 20.1. The molecule has 1 aromatic carbocycles. The third-order valence-corrected chi connectivity index (χ3v) is 7.23. The van der Waals surface area contributed by atoms with Crippen LogP contribution in [-0.2, 0) is 0 Å². The quantitative estimate of drug-likeness (QED) is 0.398. The average Bonchev–Trinajstić information content (AvgIpc) is 2.74. The molecule has 2 nitrogen and oxygen atoms in total. The summed E-state index contributed by atoms with van der Waals surface area (Å²) < 4.78 is 14.9. The minimum atomic E-state index is -0.572. The van der Waals surface area contributed by atoms with Gasteiger partial charge in [0.25, 0.3) is 0 Å². The van der Waals surface area contributed by atoms with Gasteiger partial charge in [0.1, 0.15) is 0 Å². The van der Waals surface area contributed by atoms with E-state index in [1.54, 1.807) is 12.1 Å². The molecule has 2 aliphatic carbocycles. The van der Waals surface area contributed by atoms with Gasteiger partial charge in [0.05, 0.1) is 5.56 Å². The SMILES string of the molecule is C=CC1CCC(C2CCC(c3ccc(C(=O)CCCC)c(O)c3F)CC2)CC1. The predicted molar refractivity (Wildman–Crippen MR) is 112 cm³/mol. The van der Waals surface area contributed by atoms with Crippen molar-refractivity contribution in [1.82, 2.24) is 0 Å². The van der Waals surface area contributed by atoms with Gasteiger partial charge in [0.15, 0.2) is 17.3 Å². The van der Waals surface area contributed by atoms with Crippen LogP contribution in [0.4, 0.5) is 4.39 Å². The van der Waals surface area contributed by atoms with Crippen LogP contribution in [0.25, 0.3) is 0 Å². The second-order valence-electron chi connectivity index (χ2n) is 8.91. The molecule has 0 heterocycles. The molecular weight excluding hydrogens is 351 g/mol. The van der Waals surface area contributed by atoms with E-state index >= 15 is 0 Å². The Balaban J connectivity index is 1.60. The van der Waals surface area contributed by atoms with Gasteiger partial charge in [-0.25, -0.2) is 4.39 Å². The summed E-state index contributed by atoms with van der Waals surface area (Å²) in [6, 6.07) is 3.38. The second-order valence-corrected chi connectivity index (χ2v) is 8.91. The lowest BCUT2D eigenvalue weighted by molar-refractivity contribution is 0.0976. The van der Waals surface area contributed by atoms with Crippen molar-refractivity contribution in [2.45, 2.75) is 83.5 Å². The molecule has 0 amide bonds. The first-order chi connectivity index (χ1) is 13.5. The first kappa shape index (κ1) is 21.1. The highest BCUT2D eigenvalue weighted by molar-refractivity contribution is 5.98. The van der Waals surface area contributed by atoms with Crippen molar-refractivity contribution < 1.29 is 14.3 Å². The zero-order valence-electron chi connectivity index (χ0n) is 17.3. The average molecular weight is 387 g/mol. The molecule has 28 heavy (non-hydrogen) atoms. The van der Waals surface area contributed by atoms with E-state index in [-0.39, 0.29) is 17.3 Å². The molecule has 0 atom stereocenters.